The van der Waals surface area contributed by atoms with E-state index >= 15 is 0 Å². The Balaban J connectivity index is 2.35. The average Bonchev–Trinajstić information content (AvgIpc) is 2.30. The van der Waals surface area contributed by atoms with Gasteiger partial charge in [0, 0.05) is 12.3 Å². The first kappa shape index (κ1) is 14.2. The molecule has 18 heavy (non-hydrogen) atoms. The Kier molecular flexibility index (Phi) is 5.85. The fraction of sp³-hybridized carbons (Fsp3) is 0.333. The van der Waals surface area contributed by atoms with Gasteiger partial charge < -0.3 is 4.74 Å². The highest BCUT2D eigenvalue weighted by atomic mass is 16.5. The fourth-order valence-electron chi connectivity index (χ4n) is 1.31. The number of hydrogen-bond donors (Lipinski definition) is 0. The van der Waals surface area contributed by atoms with Crippen molar-refractivity contribution >= 4 is 12.2 Å². The highest BCUT2D eigenvalue weighted by Gasteiger charge is 1.98. The molecule has 0 saturated carbocycles. The molecule has 0 N–H and O–H groups in total. The van der Waals surface area contributed by atoms with Crippen molar-refractivity contribution in [1.82, 2.24) is 0 Å². The van der Waals surface area contributed by atoms with Crippen molar-refractivity contribution in [3.63, 3.8) is 0 Å². The van der Waals surface area contributed by atoms with Crippen LogP contribution in [0.25, 0.3) is 0 Å². The second-order valence-electron chi connectivity index (χ2n) is 4.32. The van der Waals surface area contributed by atoms with Crippen LogP contribution >= 0.6 is 0 Å². The maximum atomic E-state index is 11.2. The first-order chi connectivity index (χ1) is 8.58. The van der Waals surface area contributed by atoms with E-state index in [1.165, 1.54) is 11.6 Å². The zero-order chi connectivity index (χ0) is 13.4. The molecule has 0 aliphatic heterocycles. The second-order valence-corrected chi connectivity index (χ2v) is 4.32. The molecule has 0 spiro atoms. The van der Waals surface area contributed by atoms with Crippen molar-refractivity contribution < 1.29 is 9.53 Å². The summed E-state index contributed by atoms with van der Waals surface area (Å²) in [4.78, 5) is 15.4. The van der Waals surface area contributed by atoms with Crippen LogP contribution in [-0.2, 0) is 16.1 Å². The normalized spacial score (nSPS) is 11.6. The summed E-state index contributed by atoms with van der Waals surface area (Å²) in [6.07, 6.45) is 4.49. The van der Waals surface area contributed by atoms with Gasteiger partial charge in [-0.15, -0.1) is 0 Å². The van der Waals surface area contributed by atoms with Crippen LogP contribution in [0.3, 0.4) is 0 Å². The minimum absolute atomic E-state index is 0.0911. The summed E-state index contributed by atoms with van der Waals surface area (Å²) in [7, 11) is 0. The van der Waals surface area contributed by atoms with Crippen molar-refractivity contribution in [2.45, 2.75) is 33.4 Å². The number of aryl methyl sites for hydroxylation is 1. The predicted molar refractivity (Wildman–Crippen MR) is 73.7 cm³/mol. The molecule has 0 unspecified atom stereocenters. The van der Waals surface area contributed by atoms with Crippen LogP contribution < -0.4 is 0 Å². The average molecular weight is 245 g/mol. The number of benzene rings is 1. The molecule has 0 radical (unpaired) electrons. The van der Waals surface area contributed by atoms with Gasteiger partial charge in [-0.05, 0) is 32.4 Å². The molecule has 1 rings (SSSR count). The molecule has 0 fully saturated rings. The monoisotopic (exact) mass is 245 g/mol. The summed E-state index contributed by atoms with van der Waals surface area (Å²) in [5, 5.41) is 0. The molecule has 96 valence electrons. The van der Waals surface area contributed by atoms with Crippen LogP contribution in [0, 0.1) is 6.92 Å². The van der Waals surface area contributed by atoms with Crippen molar-refractivity contribution in [2.24, 2.45) is 4.99 Å². The topological polar surface area (TPSA) is 38.7 Å². The van der Waals surface area contributed by atoms with E-state index in [1.807, 2.05) is 26.0 Å². The SMILES string of the molecule is Cc1ccc(CN=C/C=C/C(=O)OC(C)C)cc1. The molecule has 3 heteroatoms. The summed E-state index contributed by atoms with van der Waals surface area (Å²) in [6.45, 7) is 6.30. The van der Waals surface area contributed by atoms with Gasteiger partial charge in [0.15, 0.2) is 0 Å². The van der Waals surface area contributed by atoms with Crippen LogP contribution in [0.15, 0.2) is 41.4 Å². The standard InChI is InChI=1S/C15H19NO2/c1-12(2)18-15(17)5-4-10-16-11-14-8-6-13(3)7-9-14/h4-10,12H,11H2,1-3H3/b5-4+,16-10?. The van der Waals surface area contributed by atoms with Crippen molar-refractivity contribution in [3.8, 4) is 0 Å². The van der Waals surface area contributed by atoms with Crippen LogP contribution in [0.1, 0.15) is 25.0 Å². The van der Waals surface area contributed by atoms with Gasteiger partial charge >= 0.3 is 5.97 Å². The van der Waals surface area contributed by atoms with E-state index in [0.717, 1.165) is 5.56 Å². The minimum Gasteiger partial charge on any atom is -0.460 e. The summed E-state index contributed by atoms with van der Waals surface area (Å²) in [5.74, 6) is -0.341. The highest BCUT2D eigenvalue weighted by Crippen LogP contribution is 2.03. The maximum absolute atomic E-state index is 11.2. The number of hydrogen-bond acceptors (Lipinski definition) is 3. The largest absolute Gasteiger partial charge is 0.460 e. The van der Waals surface area contributed by atoms with Gasteiger partial charge in [-0.1, -0.05) is 29.8 Å². The molecule has 0 heterocycles. The van der Waals surface area contributed by atoms with Crippen molar-refractivity contribution in [2.75, 3.05) is 0 Å². The number of esters is 1. The van der Waals surface area contributed by atoms with E-state index in [1.54, 1.807) is 12.3 Å². The molecule has 1 aromatic rings. The first-order valence-corrected chi connectivity index (χ1v) is 6.00. The molecule has 3 nitrogen and oxygen atoms in total. The summed E-state index contributed by atoms with van der Waals surface area (Å²) in [5.41, 5.74) is 2.38. The molecule has 0 bridgehead atoms. The number of rotatable bonds is 5. The van der Waals surface area contributed by atoms with Gasteiger partial charge in [0.05, 0.1) is 12.6 Å². The molecule has 0 aliphatic carbocycles. The molecule has 0 amide bonds. The lowest BCUT2D eigenvalue weighted by Crippen LogP contribution is -2.08. The third kappa shape index (κ3) is 5.99. The lowest BCUT2D eigenvalue weighted by molar-refractivity contribution is -0.141. The van der Waals surface area contributed by atoms with Gasteiger partial charge in [-0.3, -0.25) is 4.99 Å². The fourth-order valence-corrected chi connectivity index (χ4v) is 1.31. The highest BCUT2D eigenvalue weighted by molar-refractivity contribution is 5.87. The molecule has 0 aromatic heterocycles. The molecular formula is C15H19NO2. The zero-order valence-corrected chi connectivity index (χ0v) is 11.1. The first-order valence-electron chi connectivity index (χ1n) is 6.00. The van der Waals surface area contributed by atoms with E-state index in [2.05, 4.69) is 24.0 Å². The Morgan fingerprint density at radius 2 is 2.00 bits per heavy atom. The lowest BCUT2D eigenvalue weighted by Gasteiger charge is -2.03. The van der Waals surface area contributed by atoms with Crippen LogP contribution in [-0.4, -0.2) is 18.3 Å². The smallest absolute Gasteiger partial charge is 0.331 e. The third-order valence-corrected chi connectivity index (χ3v) is 2.17. The predicted octanol–water partition coefficient (Wildman–Crippen LogP) is 3.07. The quantitative estimate of drug-likeness (QED) is 0.454. The number of allylic oxidation sites excluding steroid dienone is 1. The number of carbonyl (C=O) groups is 1. The van der Waals surface area contributed by atoms with Gasteiger partial charge in [-0.2, -0.15) is 0 Å². The Hall–Kier alpha value is -1.90. The molecular weight excluding hydrogens is 226 g/mol. The zero-order valence-electron chi connectivity index (χ0n) is 11.1. The molecule has 0 saturated heterocycles. The molecule has 1 aromatic carbocycles. The van der Waals surface area contributed by atoms with Crippen LogP contribution in [0.5, 0.6) is 0 Å². The number of nitrogens with zero attached hydrogens (tertiary/aromatic N) is 1. The van der Waals surface area contributed by atoms with Crippen LogP contribution in [0.4, 0.5) is 0 Å². The van der Waals surface area contributed by atoms with Gasteiger partial charge in [0.1, 0.15) is 0 Å². The van der Waals surface area contributed by atoms with Gasteiger partial charge in [-0.25, -0.2) is 4.79 Å². The molecule has 0 atom stereocenters. The Morgan fingerprint density at radius 1 is 1.33 bits per heavy atom. The summed E-state index contributed by atoms with van der Waals surface area (Å²) in [6, 6.07) is 8.20. The summed E-state index contributed by atoms with van der Waals surface area (Å²) >= 11 is 0. The Labute approximate surface area is 108 Å². The Morgan fingerprint density at radius 3 is 2.61 bits per heavy atom. The van der Waals surface area contributed by atoms with Gasteiger partial charge in [0.25, 0.3) is 0 Å². The third-order valence-electron chi connectivity index (χ3n) is 2.17. The maximum Gasteiger partial charge on any atom is 0.331 e. The number of ether oxygens (including phenoxy) is 1. The van der Waals surface area contributed by atoms with E-state index in [-0.39, 0.29) is 12.1 Å². The van der Waals surface area contributed by atoms with E-state index < -0.39 is 0 Å². The number of aliphatic imine (C=N–C) groups is 1. The molecule has 0 aliphatic rings. The van der Waals surface area contributed by atoms with Crippen molar-refractivity contribution in [1.29, 1.82) is 0 Å². The Bertz CT molecular complexity index is 430. The van der Waals surface area contributed by atoms with Crippen molar-refractivity contribution in [3.05, 3.63) is 47.5 Å². The second kappa shape index (κ2) is 7.43. The number of carbonyl (C=O) groups excluding carboxylic acids is 1. The lowest BCUT2D eigenvalue weighted by atomic mass is 10.1. The van der Waals surface area contributed by atoms with E-state index in [0.29, 0.717) is 6.54 Å². The minimum atomic E-state index is -0.341. The van der Waals surface area contributed by atoms with Gasteiger partial charge in [0.2, 0.25) is 0 Å². The van der Waals surface area contributed by atoms with Crippen LogP contribution in [0.2, 0.25) is 0 Å². The van der Waals surface area contributed by atoms with E-state index in [9.17, 15) is 4.79 Å². The van der Waals surface area contributed by atoms with E-state index in [4.69, 9.17) is 4.74 Å². The summed E-state index contributed by atoms with van der Waals surface area (Å²) < 4.78 is 4.94.